The van der Waals surface area contributed by atoms with Gasteiger partial charge in [0, 0.05) is 28.2 Å². The van der Waals surface area contributed by atoms with Crippen molar-refractivity contribution in [2.45, 2.75) is 43.4 Å². The smallest absolute Gasteiger partial charge is 0.138 e. The molecule has 0 spiro atoms. The van der Waals surface area contributed by atoms with Crippen LogP contribution in [0.4, 0.5) is 0 Å². The second-order valence-corrected chi connectivity index (χ2v) is 7.95. The maximum atomic E-state index is 5.81. The summed E-state index contributed by atoms with van der Waals surface area (Å²) < 4.78 is 5.72. The van der Waals surface area contributed by atoms with Gasteiger partial charge in [0.05, 0.1) is 18.3 Å². The number of hydrazine groups is 1. The molecule has 1 aliphatic heterocycles. The van der Waals surface area contributed by atoms with E-state index in [4.69, 9.17) is 10.6 Å². The van der Waals surface area contributed by atoms with Gasteiger partial charge in [0.15, 0.2) is 0 Å². The first-order chi connectivity index (χ1) is 9.61. The summed E-state index contributed by atoms with van der Waals surface area (Å²) in [7, 11) is 0. The molecule has 1 aromatic rings. The normalized spacial score (nSPS) is 24.6. The van der Waals surface area contributed by atoms with Gasteiger partial charge in [-0.15, -0.1) is 0 Å². The number of rotatable bonds is 5. The molecule has 3 atom stereocenters. The predicted octanol–water partition coefficient (Wildman–Crippen LogP) is 2.61. The summed E-state index contributed by atoms with van der Waals surface area (Å²) in [4.78, 5) is 4.29. The maximum Gasteiger partial charge on any atom is 0.138 e. The minimum absolute atomic E-state index is 0.103. The first-order valence-electron chi connectivity index (χ1n) is 6.92. The van der Waals surface area contributed by atoms with Gasteiger partial charge in [0.2, 0.25) is 0 Å². The average molecular weight is 313 g/mol. The zero-order chi connectivity index (χ0) is 14.5. The Kier molecular flexibility index (Phi) is 6.01. The Morgan fingerprint density at radius 3 is 2.75 bits per heavy atom. The lowest BCUT2D eigenvalue weighted by atomic mass is 10.0. The molecule has 3 N–H and O–H groups in total. The van der Waals surface area contributed by atoms with Crippen molar-refractivity contribution < 1.29 is 4.74 Å². The third kappa shape index (κ3) is 4.04. The standard InChI is InChI=1S/C14H23N3OS2/c1-9(2)18-12-6-11(7-16-8-12)13(17-15)14-10(3)19-4-5-20-14/h6-10,13-14,17H,4-5,15H2,1-3H3. The lowest BCUT2D eigenvalue weighted by molar-refractivity contribution is 0.241. The van der Waals surface area contributed by atoms with Crippen LogP contribution in [0.25, 0.3) is 0 Å². The zero-order valence-corrected chi connectivity index (χ0v) is 13.8. The van der Waals surface area contributed by atoms with Crippen molar-refractivity contribution in [3.63, 3.8) is 0 Å². The quantitative estimate of drug-likeness (QED) is 0.644. The van der Waals surface area contributed by atoms with Gasteiger partial charge in [-0.25, -0.2) is 0 Å². The largest absolute Gasteiger partial charge is 0.489 e. The molecule has 4 nitrogen and oxygen atoms in total. The molecule has 2 heterocycles. The molecule has 0 saturated carbocycles. The van der Waals surface area contributed by atoms with Gasteiger partial charge in [-0.3, -0.25) is 16.3 Å². The topological polar surface area (TPSA) is 60.2 Å². The molecule has 2 rings (SSSR count). The summed E-state index contributed by atoms with van der Waals surface area (Å²) in [6.07, 6.45) is 3.78. The summed E-state index contributed by atoms with van der Waals surface area (Å²) in [5.41, 5.74) is 4.06. The van der Waals surface area contributed by atoms with Crippen LogP contribution in [0, 0.1) is 0 Å². The highest BCUT2D eigenvalue weighted by atomic mass is 32.2. The SMILES string of the molecule is CC(C)Oc1cncc(C(NN)C2SCCSC2C)c1. The molecule has 6 heteroatoms. The summed E-state index contributed by atoms with van der Waals surface area (Å²) in [5.74, 6) is 9.00. The fourth-order valence-corrected chi connectivity index (χ4v) is 5.27. The van der Waals surface area contributed by atoms with Gasteiger partial charge in [0.25, 0.3) is 0 Å². The van der Waals surface area contributed by atoms with Gasteiger partial charge in [-0.05, 0) is 25.5 Å². The summed E-state index contributed by atoms with van der Waals surface area (Å²) in [6, 6.07) is 2.15. The van der Waals surface area contributed by atoms with Crippen LogP contribution in [0.5, 0.6) is 5.75 Å². The Hall–Kier alpha value is -0.430. The second-order valence-electron chi connectivity index (χ2n) is 5.18. The molecule has 0 radical (unpaired) electrons. The van der Waals surface area contributed by atoms with Crippen LogP contribution in [0.1, 0.15) is 32.4 Å². The van der Waals surface area contributed by atoms with E-state index >= 15 is 0 Å². The van der Waals surface area contributed by atoms with Crippen molar-refractivity contribution in [3.05, 3.63) is 24.0 Å². The van der Waals surface area contributed by atoms with E-state index in [1.54, 1.807) is 6.20 Å². The Morgan fingerprint density at radius 1 is 1.35 bits per heavy atom. The average Bonchev–Trinajstić information content (AvgIpc) is 2.41. The van der Waals surface area contributed by atoms with Crippen LogP contribution in [0.2, 0.25) is 0 Å². The van der Waals surface area contributed by atoms with Crippen molar-refractivity contribution in [2.24, 2.45) is 5.84 Å². The van der Waals surface area contributed by atoms with Crippen LogP contribution in [-0.4, -0.2) is 33.1 Å². The lowest BCUT2D eigenvalue weighted by Crippen LogP contribution is -2.41. The highest BCUT2D eigenvalue weighted by molar-refractivity contribution is 8.07. The molecule has 20 heavy (non-hydrogen) atoms. The predicted molar refractivity (Wildman–Crippen MR) is 88.2 cm³/mol. The highest BCUT2D eigenvalue weighted by Gasteiger charge is 2.31. The van der Waals surface area contributed by atoms with E-state index in [1.165, 1.54) is 11.5 Å². The molecule has 112 valence electrons. The number of nitrogens with two attached hydrogens (primary N) is 1. The molecular weight excluding hydrogens is 290 g/mol. The Morgan fingerprint density at radius 2 is 2.10 bits per heavy atom. The molecule has 0 aliphatic carbocycles. The number of ether oxygens (including phenoxy) is 1. The molecular formula is C14H23N3OS2. The van der Waals surface area contributed by atoms with Crippen LogP contribution >= 0.6 is 23.5 Å². The van der Waals surface area contributed by atoms with Crippen LogP contribution in [-0.2, 0) is 0 Å². The maximum absolute atomic E-state index is 5.81. The highest BCUT2D eigenvalue weighted by Crippen LogP contribution is 2.38. The first kappa shape index (κ1) is 15.9. The van der Waals surface area contributed by atoms with E-state index in [0.717, 1.165) is 11.3 Å². The number of aromatic nitrogens is 1. The summed E-state index contributed by atoms with van der Waals surface area (Å²) in [6.45, 7) is 6.30. The third-order valence-electron chi connectivity index (χ3n) is 3.21. The van der Waals surface area contributed by atoms with Gasteiger partial charge >= 0.3 is 0 Å². The number of pyridine rings is 1. The van der Waals surface area contributed by atoms with Crippen LogP contribution in [0.15, 0.2) is 18.5 Å². The van der Waals surface area contributed by atoms with Crippen molar-refractivity contribution in [1.29, 1.82) is 0 Å². The van der Waals surface area contributed by atoms with Gasteiger partial charge < -0.3 is 4.74 Å². The Balaban J connectivity index is 2.18. The van der Waals surface area contributed by atoms with Crippen molar-refractivity contribution in [1.82, 2.24) is 10.4 Å². The number of thioether (sulfide) groups is 2. The van der Waals surface area contributed by atoms with Crippen LogP contribution < -0.4 is 16.0 Å². The Labute approximate surface area is 129 Å². The number of hydrogen-bond acceptors (Lipinski definition) is 6. The Bertz CT molecular complexity index is 431. The van der Waals surface area contributed by atoms with Crippen molar-refractivity contribution >= 4 is 23.5 Å². The number of nitrogens with one attached hydrogen (secondary N) is 1. The fourth-order valence-electron chi connectivity index (χ4n) is 2.34. The van der Waals surface area contributed by atoms with E-state index in [0.29, 0.717) is 10.5 Å². The zero-order valence-electron chi connectivity index (χ0n) is 12.2. The van der Waals surface area contributed by atoms with E-state index in [9.17, 15) is 0 Å². The third-order valence-corrected chi connectivity index (χ3v) is 6.40. The molecule has 1 saturated heterocycles. The molecule has 0 aromatic carbocycles. The molecule has 0 amide bonds. The molecule has 1 aliphatic rings. The molecule has 0 bridgehead atoms. The van der Waals surface area contributed by atoms with Crippen molar-refractivity contribution in [2.75, 3.05) is 11.5 Å². The first-order valence-corrected chi connectivity index (χ1v) is 9.02. The van der Waals surface area contributed by atoms with Gasteiger partial charge in [-0.1, -0.05) is 6.92 Å². The van der Waals surface area contributed by atoms with Gasteiger partial charge in [0.1, 0.15) is 5.75 Å². The van der Waals surface area contributed by atoms with Gasteiger partial charge in [-0.2, -0.15) is 23.5 Å². The van der Waals surface area contributed by atoms with E-state index in [2.05, 4.69) is 17.3 Å². The fraction of sp³-hybridized carbons (Fsp3) is 0.643. The lowest BCUT2D eigenvalue weighted by Gasteiger charge is -2.34. The molecule has 1 fully saturated rings. The monoisotopic (exact) mass is 313 g/mol. The van der Waals surface area contributed by atoms with Crippen molar-refractivity contribution in [3.8, 4) is 5.75 Å². The second kappa shape index (κ2) is 7.54. The number of hydrogen-bond donors (Lipinski definition) is 2. The van der Waals surface area contributed by atoms with E-state index in [-0.39, 0.29) is 12.1 Å². The number of nitrogens with zero attached hydrogens (tertiary/aromatic N) is 1. The molecule has 3 unspecified atom stereocenters. The summed E-state index contributed by atoms with van der Waals surface area (Å²) >= 11 is 4.00. The van der Waals surface area contributed by atoms with E-state index < -0.39 is 0 Å². The minimum Gasteiger partial charge on any atom is -0.489 e. The minimum atomic E-state index is 0.103. The van der Waals surface area contributed by atoms with Crippen LogP contribution in [0.3, 0.4) is 0 Å². The summed E-state index contributed by atoms with van der Waals surface area (Å²) in [5, 5.41) is 1.03. The molecule has 1 aromatic heterocycles. The van der Waals surface area contributed by atoms with E-state index in [1.807, 2.05) is 49.6 Å².